The predicted octanol–water partition coefficient (Wildman–Crippen LogP) is 1.08. The van der Waals surface area contributed by atoms with Crippen molar-refractivity contribution in [3.05, 3.63) is 22.4 Å². The number of thiophene rings is 1. The number of carboxylic acids is 1. The van der Waals surface area contributed by atoms with Crippen molar-refractivity contribution < 1.29 is 14.6 Å². The molecule has 1 saturated heterocycles. The monoisotopic (exact) mass is 241 g/mol. The van der Waals surface area contributed by atoms with Crippen LogP contribution in [0.1, 0.15) is 5.56 Å². The van der Waals surface area contributed by atoms with Crippen molar-refractivity contribution in [2.45, 2.75) is 12.5 Å². The van der Waals surface area contributed by atoms with Crippen molar-refractivity contribution in [3.8, 4) is 0 Å². The molecule has 1 aliphatic rings. The second-order valence-electron chi connectivity index (χ2n) is 3.85. The fourth-order valence-electron chi connectivity index (χ4n) is 1.84. The van der Waals surface area contributed by atoms with Crippen LogP contribution in [0.25, 0.3) is 0 Å². The molecule has 0 aliphatic carbocycles. The summed E-state index contributed by atoms with van der Waals surface area (Å²) in [5, 5.41) is 13.2. The van der Waals surface area contributed by atoms with E-state index in [4.69, 9.17) is 9.84 Å². The van der Waals surface area contributed by atoms with Crippen LogP contribution < -0.4 is 0 Å². The van der Waals surface area contributed by atoms with E-state index in [9.17, 15) is 4.79 Å². The molecule has 4 nitrogen and oxygen atoms in total. The lowest BCUT2D eigenvalue weighted by Gasteiger charge is -2.32. The average Bonchev–Trinajstić information content (AvgIpc) is 2.79. The lowest BCUT2D eigenvalue weighted by molar-refractivity contribution is -0.149. The number of hydrogen-bond donors (Lipinski definition) is 1. The molecule has 1 aromatic rings. The Balaban J connectivity index is 1.89. The molecule has 5 heteroatoms. The zero-order chi connectivity index (χ0) is 11.4. The van der Waals surface area contributed by atoms with Crippen LogP contribution in [0.5, 0.6) is 0 Å². The summed E-state index contributed by atoms with van der Waals surface area (Å²) in [7, 11) is 0. The van der Waals surface area contributed by atoms with E-state index < -0.39 is 12.0 Å². The maximum absolute atomic E-state index is 11.0. The zero-order valence-corrected chi connectivity index (χ0v) is 9.78. The van der Waals surface area contributed by atoms with E-state index in [1.165, 1.54) is 5.56 Å². The summed E-state index contributed by atoms with van der Waals surface area (Å²) in [6.07, 6.45) is 0.910. The minimum Gasteiger partial charge on any atom is -0.480 e. The quantitative estimate of drug-likeness (QED) is 0.857. The highest BCUT2D eigenvalue weighted by Crippen LogP contribution is 2.11. The van der Waals surface area contributed by atoms with Gasteiger partial charge in [-0.25, -0.2) is 0 Å². The van der Waals surface area contributed by atoms with Crippen LogP contribution in [0.2, 0.25) is 0 Å². The first-order valence-corrected chi connectivity index (χ1v) is 6.27. The van der Waals surface area contributed by atoms with E-state index in [0.717, 1.165) is 13.0 Å². The maximum atomic E-state index is 11.0. The highest BCUT2D eigenvalue weighted by molar-refractivity contribution is 7.07. The van der Waals surface area contributed by atoms with Gasteiger partial charge >= 0.3 is 5.97 Å². The number of carboxylic acid groups (broad SMARTS) is 1. The topological polar surface area (TPSA) is 49.8 Å². The molecule has 0 bridgehead atoms. The summed E-state index contributed by atoms with van der Waals surface area (Å²) in [5.74, 6) is -0.787. The lowest BCUT2D eigenvalue weighted by atomic mass is 10.2. The van der Waals surface area contributed by atoms with E-state index in [1.807, 2.05) is 10.3 Å². The number of nitrogens with zero attached hydrogens (tertiary/aromatic N) is 1. The van der Waals surface area contributed by atoms with Crippen LogP contribution in [-0.4, -0.2) is 48.3 Å². The van der Waals surface area contributed by atoms with Crippen LogP contribution >= 0.6 is 11.3 Å². The van der Waals surface area contributed by atoms with Gasteiger partial charge in [0.2, 0.25) is 0 Å². The average molecular weight is 241 g/mol. The number of carbonyl (C=O) groups is 1. The molecule has 0 radical (unpaired) electrons. The third kappa shape index (κ3) is 2.81. The van der Waals surface area contributed by atoms with Crippen LogP contribution in [0.3, 0.4) is 0 Å². The van der Waals surface area contributed by atoms with Gasteiger partial charge < -0.3 is 9.84 Å². The molecule has 1 fully saturated rings. The lowest BCUT2D eigenvalue weighted by Crippen LogP contribution is -2.50. The second-order valence-corrected chi connectivity index (χ2v) is 4.63. The van der Waals surface area contributed by atoms with Crippen LogP contribution in [-0.2, 0) is 16.0 Å². The molecule has 2 rings (SSSR count). The first-order valence-electron chi connectivity index (χ1n) is 5.33. The van der Waals surface area contributed by atoms with Gasteiger partial charge in [-0.15, -0.1) is 0 Å². The first kappa shape index (κ1) is 11.6. The molecule has 1 N–H and O–H groups in total. The Morgan fingerprint density at radius 2 is 2.56 bits per heavy atom. The third-order valence-corrected chi connectivity index (χ3v) is 3.52. The number of hydrogen-bond acceptors (Lipinski definition) is 4. The van der Waals surface area contributed by atoms with Gasteiger partial charge in [0.1, 0.15) is 6.04 Å². The van der Waals surface area contributed by atoms with Gasteiger partial charge in [0.25, 0.3) is 0 Å². The molecule has 1 aromatic heterocycles. The van der Waals surface area contributed by atoms with E-state index in [-0.39, 0.29) is 0 Å². The molecule has 0 aromatic carbocycles. The smallest absolute Gasteiger partial charge is 0.323 e. The molecular formula is C11H15NO3S. The third-order valence-electron chi connectivity index (χ3n) is 2.79. The van der Waals surface area contributed by atoms with Crippen LogP contribution in [0, 0.1) is 0 Å². The van der Waals surface area contributed by atoms with Crippen molar-refractivity contribution >= 4 is 17.3 Å². The van der Waals surface area contributed by atoms with Crippen LogP contribution in [0.15, 0.2) is 16.8 Å². The second kappa shape index (κ2) is 5.43. The molecule has 1 atom stereocenters. The highest BCUT2D eigenvalue weighted by Gasteiger charge is 2.28. The van der Waals surface area contributed by atoms with Gasteiger partial charge in [0.05, 0.1) is 13.2 Å². The maximum Gasteiger partial charge on any atom is 0.323 e. The standard InChI is InChI=1S/C11H15NO3S/c13-11(14)10-7-15-5-4-12(10)3-1-9-2-6-16-8-9/h2,6,8,10H,1,3-5,7H2,(H,13,14). The SMILES string of the molecule is O=C(O)C1COCCN1CCc1ccsc1. The normalized spacial score (nSPS) is 22.1. The van der Waals surface area contributed by atoms with Gasteiger partial charge in [0.15, 0.2) is 0 Å². The number of morpholine rings is 1. The predicted molar refractivity (Wildman–Crippen MR) is 61.8 cm³/mol. The largest absolute Gasteiger partial charge is 0.480 e. The van der Waals surface area contributed by atoms with Crippen molar-refractivity contribution in [3.63, 3.8) is 0 Å². The van der Waals surface area contributed by atoms with Gasteiger partial charge in [-0.1, -0.05) is 0 Å². The number of ether oxygens (including phenoxy) is 1. The highest BCUT2D eigenvalue weighted by atomic mass is 32.1. The van der Waals surface area contributed by atoms with Crippen molar-refractivity contribution in [2.75, 3.05) is 26.3 Å². The Morgan fingerprint density at radius 1 is 1.69 bits per heavy atom. The van der Waals surface area contributed by atoms with Crippen LogP contribution in [0.4, 0.5) is 0 Å². The molecule has 88 valence electrons. The summed E-state index contributed by atoms with van der Waals surface area (Å²) in [4.78, 5) is 13.0. The first-order chi connectivity index (χ1) is 7.77. The Hall–Kier alpha value is -0.910. The molecule has 0 amide bonds. The summed E-state index contributed by atoms with van der Waals surface area (Å²) in [6.45, 7) is 2.44. The van der Waals surface area contributed by atoms with E-state index in [0.29, 0.717) is 19.8 Å². The summed E-state index contributed by atoms with van der Waals surface area (Å²) in [6, 6.07) is 1.60. The van der Waals surface area contributed by atoms with E-state index >= 15 is 0 Å². The fourth-order valence-corrected chi connectivity index (χ4v) is 2.54. The summed E-state index contributed by atoms with van der Waals surface area (Å²) >= 11 is 1.67. The van der Waals surface area contributed by atoms with Crippen molar-refractivity contribution in [2.24, 2.45) is 0 Å². The minimum absolute atomic E-state index is 0.305. The van der Waals surface area contributed by atoms with E-state index in [1.54, 1.807) is 11.3 Å². The van der Waals surface area contributed by atoms with Gasteiger partial charge in [-0.3, -0.25) is 9.69 Å². The molecule has 2 heterocycles. The Kier molecular flexibility index (Phi) is 3.93. The Labute approximate surface area is 98.4 Å². The van der Waals surface area contributed by atoms with Gasteiger partial charge in [-0.2, -0.15) is 11.3 Å². The molecular weight excluding hydrogens is 226 g/mol. The molecule has 1 unspecified atom stereocenters. The summed E-state index contributed by atoms with van der Waals surface area (Å²) in [5.41, 5.74) is 1.28. The fraction of sp³-hybridized carbons (Fsp3) is 0.545. The molecule has 0 saturated carbocycles. The number of aliphatic carboxylic acids is 1. The Morgan fingerprint density at radius 3 is 3.25 bits per heavy atom. The number of rotatable bonds is 4. The van der Waals surface area contributed by atoms with Crippen molar-refractivity contribution in [1.29, 1.82) is 0 Å². The molecule has 0 spiro atoms. The van der Waals surface area contributed by atoms with Gasteiger partial charge in [-0.05, 0) is 28.8 Å². The minimum atomic E-state index is -0.787. The van der Waals surface area contributed by atoms with Gasteiger partial charge in [0, 0.05) is 13.1 Å². The molecule has 16 heavy (non-hydrogen) atoms. The molecule has 1 aliphatic heterocycles. The van der Waals surface area contributed by atoms with E-state index in [2.05, 4.69) is 11.4 Å². The zero-order valence-electron chi connectivity index (χ0n) is 8.96. The van der Waals surface area contributed by atoms with Crippen molar-refractivity contribution in [1.82, 2.24) is 4.90 Å². The Bertz CT molecular complexity index is 339. The summed E-state index contributed by atoms with van der Waals surface area (Å²) < 4.78 is 5.19.